The number of hydrogen-bond acceptors (Lipinski definition) is 3. The molecule has 0 saturated heterocycles. The van der Waals surface area contributed by atoms with E-state index >= 15 is 0 Å². The van der Waals surface area contributed by atoms with Gasteiger partial charge in [0, 0.05) is 6.42 Å². The van der Waals surface area contributed by atoms with E-state index in [2.05, 4.69) is 23.6 Å². The van der Waals surface area contributed by atoms with Crippen molar-refractivity contribution in [2.24, 2.45) is 0 Å². The van der Waals surface area contributed by atoms with Gasteiger partial charge in [0.1, 0.15) is 24.3 Å². The van der Waals surface area contributed by atoms with Crippen molar-refractivity contribution >= 4 is 11.0 Å². The zero-order valence-corrected chi connectivity index (χ0v) is 15.2. The van der Waals surface area contributed by atoms with E-state index < -0.39 is 6.10 Å². The lowest BCUT2D eigenvalue weighted by Crippen LogP contribution is -2.24. The van der Waals surface area contributed by atoms with E-state index in [1.165, 1.54) is 0 Å². The normalized spacial score (nSPS) is 12.5. The van der Waals surface area contributed by atoms with Crippen LogP contribution in [0, 0.1) is 13.8 Å². The Hall–Kier alpha value is -2.33. The van der Waals surface area contributed by atoms with Gasteiger partial charge in [-0.25, -0.2) is 4.98 Å². The highest BCUT2D eigenvalue weighted by molar-refractivity contribution is 5.75. The molecule has 1 atom stereocenters. The molecule has 0 aliphatic carbocycles. The minimum atomic E-state index is -0.589. The molecule has 4 nitrogen and oxygen atoms in total. The van der Waals surface area contributed by atoms with Crippen LogP contribution in [0.4, 0.5) is 0 Å². The third-order valence-corrected chi connectivity index (χ3v) is 4.24. The molecule has 0 bridgehead atoms. The maximum Gasteiger partial charge on any atom is 0.119 e. The van der Waals surface area contributed by atoms with E-state index in [0.717, 1.165) is 46.6 Å². The second kappa shape index (κ2) is 7.70. The first-order chi connectivity index (χ1) is 12.1. The summed E-state index contributed by atoms with van der Waals surface area (Å²) in [4.78, 5) is 4.71. The number of rotatable bonds is 7. The number of aromatic nitrogens is 2. The molecule has 0 amide bonds. The highest BCUT2D eigenvalue weighted by Gasteiger charge is 2.14. The lowest BCUT2D eigenvalue weighted by molar-refractivity contribution is 0.0926. The molecule has 3 aromatic rings. The maximum absolute atomic E-state index is 10.5. The molecule has 25 heavy (non-hydrogen) atoms. The Morgan fingerprint density at radius 3 is 2.56 bits per heavy atom. The number of benzene rings is 2. The Morgan fingerprint density at radius 2 is 1.84 bits per heavy atom. The Morgan fingerprint density at radius 1 is 1.12 bits per heavy atom. The van der Waals surface area contributed by atoms with E-state index in [4.69, 9.17) is 9.72 Å². The number of hydrogen-bond donors (Lipinski definition) is 1. The van der Waals surface area contributed by atoms with Crippen LogP contribution in [-0.4, -0.2) is 27.4 Å². The zero-order chi connectivity index (χ0) is 17.8. The van der Waals surface area contributed by atoms with Crippen molar-refractivity contribution in [1.29, 1.82) is 0 Å². The third-order valence-electron chi connectivity index (χ3n) is 4.24. The van der Waals surface area contributed by atoms with Crippen molar-refractivity contribution in [3.8, 4) is 5.75 Å². The average molecular weight is 338 g/mol. The van der Waals surface area contributed by atoms with Crippen LogP contribution in [0.3, 0.4) is 0 Å². The molecular formula is C21H26N2O2. The molecule has 0 aliphatic heterocycles. The van der Waals surface area contributed by atoms with Crippen molar-refractivity contribution in [3.63, 3.8) is 0 Å². The van der Waals surface area contributed by atoms with Gasteiger partial charge in [0.05, 0.1) is 17.6 Å². The van der Waals surface area contributed by atoms with Gasteiger partial charge in [-0.2, -0.15) is 0 Å². The van der Waals surface area contributed by atoms with E-state index in [9.17, 15) is 5.11 Å². The molecule has 0 saturated carbocycles. The highest BCUT2D eigenvalue weighted by Crippen LogP contribution is 2.19. The van der Waals surface area contributed by atoms with Crippen LogP contribution in [-0.2, 0) is 13.0 Å². The van der Waals surface area contributed by atoms with Crippen LogP contribution in [0.25, 0.3) is 11.0 Å². The topological polar surface area (TPSA) is 47.3 Å². The summed E-state index contributed by atoms with van der Waals surface area (Å²) < 4.78 is 7.93. The van der Waals surface area contributed by atoms with Crippen LogP contribution in [0.2, 0.25) is 0 Å². The van der Waals surface area contributed by atoms with Crippen molar-refractivity contribution < 1.29 is 9.84 Å². The Balaban J connectivity index is 1.73. The summed E-state index contributed by atoms with van der Waals surface area (Å²) >= 11 is 0. The zero-order valence-electron chi connectivity index (χ0n) is 15.2. The van der Waals surface area contributed by atoms with Crippen molar-refractivity contribution in [3.05, 3.63) is 59.4 Å². The molecular weight excluding hydrogens is 312 g/mol. The number of para-hydroxylation sites is 2. The minimum absolute atomic E-state index is 0.265. The first-order valence-electron chi connectivity index (χ1n) is 8.90. The third kappa shape index (κ3) is 4.20. The highest BCUT2D eigenvalue weighted by atomic mass is 16.5. The average Bonchev–Trinajstić information content (AvgIpc) is 2.90. The second-order valence-corrected chi connectivity index (χ2v) is 6.67. The lowest BCUT2D eigenvalue weighted by atomic mass is 10.1. The molecule has 1 N–H and O–H groups in total. The fraction of sp³-hybridized carbons (Fsp3) is 0.381. The molecule has 0 unspecified atom stereocenters. The Labute approximate surface area is 149 Å². The summed E-state index contributed by atoms with van der Waals surface area (Å²) in [5.41, 5.74) is 4.37. The number of nitrogens with zero attached hydrogens (tertiary/aromatic N) is 2. The first kappa shape index (κ1) is 17.5. The smallest absolute Gasteiger partial charge is 0.119 e. The molecule has 3 rings (SSSR count). The van der Waals surface area contributed by atoms with Gasteiger partial charge >= 0.3 is 0 Å². The fourth-order valence-electron chi connectivity index (χ4n) is 3.22. The van der Waals surface area contributed by atoms with Gasteiger partial charge < -0.3 is 14.4 Å². The van der Waals surface area contributed by atoms with Crippen LogP contribution in [0.1, 0.15) is 30.3 Å². The van der Waals surface area contributed by atoms with E-state index in [0.29, 0.717) is 6.54 Å². The van der Waals surface area contributed by atoms with E-state index in [1.54, 1.807) is 0 Å². The number of aryl methyl sites for hydroxylation is 3. The quantitative estimate of drug-likeness (QED) is 0.707. The van der Waals surface area contributed by atoms with Crippen molar-refractivity contribution in [1.82, 2.24) is 9.55 Å². The molecule has 0 radical (unpaired) electrons. The Bertz CT molecular complexity index is 834. The number of aliphatic hydroxyl groups is 1. The summed E-state index contributed by atoms with van der Waals surface area (Å²) in [6.45, 7) is 6.99. The number of fused-ring (bicyclic) bond motifs is 1. The number of imidazole rings is 1. The van der Waals surface area contributed by atoms with Gasteiger partial charge in [0.15, 0.2) is 0 Å². The first-order valence-corrected chi connectivity index (χ1v) is 8.90. The molecule has 1 heterocycles. The standard InChI is InChI=1S/C21H26N2O2/c1-4-7-21-22-19-8-5-6-9-20(19)23(21)13-17(24)14-25-18-11-15(2)10-16(3)12-18/h5-6,8-12,17,24H,4,7,13-14H2,1-3H3/t17-/m1/s1. The summed E-state index contributed by atoms with van der Waals surface area (Å²) in [5, 5.41) is 10.5. The summed E-state index contributed by atoms with van der Waals surface area (Å²) in [7, 11) is 0. The molecule has 0 fully saturated rings. The van der Waals surface area contributed by atoms with Crippen LogP contribution in [0.5, 0.6) is 5.75 Å². The lowest BCUT2D eigenvalue weighted by Gasteiger charge is -2.16. The second-order valence-electron chi connectivity index (χ2n) is 6.67. The molecule has 4 heteroatoms. The predicted molar refractivity (Wildman–Crippen MR) is 101 cm³/mol. The van der Waals surface area contributed by atoms with Gasteiger partial charge in [-0.15, -0.1) is 0 Å². The van der Waals surface area contributed by atoms with Gasteiger partial charge in [-0.3, -0.25) is 0 Å². The van der Waals surface area contributed by atoms with Gasteiger partial charge in [-0.05, 0) is 55.7 Å². The molecule has 1 aromatic heterocycles. The summed E-state index contributed by atoms with van der Waals surface area (Å²) in [6, 6.07) is 14.2. The molecule has 2 aromatic carbocycles. The molecule has 0 spiro atoms. The van der Waals surface area contributed by atoms with Gasteiger partial charge in [-0.1, -0.05) is 25.1 Å². The minimum Gasteiger partial charge on any atom is -0.491 e. The monoisotopic (exact) mass is 338 g/mol. The van der Waals surface area contributed by atoms with Crippen LogP contribution in [0.15, 0.2) is 42.5 Å². The molecule has 0 aliphatic rings. The predicted octanol–water partition coefficient (Wildman–Crippen LogP) is 4.05. The fourth-order valence-corrected chi connectivity index (χ4v) is 3.22. The summed E-state index contributed by atoms with van der Waals surface area (Å²) in [5.74, 6) is 1.83. The summed E-state index contributed by atoms with van der Waals surface area (Å²) in [6.07, 6.45) is 1.34. The maximum atomic E-state index is 10.5. The number of ether oxygens (including phenoxy) is 1. The van der Waals surface area contributed by atoms with Crippen LogP contribution >= 0.6 is 0 Å². The van der Waals surface area contributed by atoms with Crippen molar-refractivity contribution in [2.75, 3.05) is 6.61 Å². The van der Waals surface area contributed by atoms with E-state index in [1.807, 2.05) is 44.2 Å². The van der Waals surface area contributed by atoms with Gasteiger partial charge in [0.2, 0.25) is 0 Å². The van der Waals surface area contributed by atoms with Crippen molar-refractivity contribution in [2.45, 2.75) is 46.3 Å². The van der Waals surface area contributed by atoms with Crippen LogP contribution < -0.4 is 4.74 Å². The van der Waals surface area contributed by atoms with Gasteiger partial charge in [0.25, 0.3) is 0 Å². The number of aliphatic hydroxyl groups excluding tert-OH is 1. The molecule has 132 valence electrons. The largest absolute Gasteiger partial charge is 0.491 e. The Kier molecular flexibility index (Phi) is 5.39. The van der Waals surface area contributed by atoms with E-state index in [-0.39, 0.29) is 6.61 Å². The SMILES string of the molecule is CCCc1nc2ccccc2n1C[C@@H](O)COc1cc(C)cc(C)c1.